The van der Waals surface area contributed by atoms with Gasteiger partial charge in [-0.25, -0.2) is 13.6 Å². The molecule has 0 saturated carbocycles. The van der Waals surface area contributed by atoms with Crippen molar-refractivity contribution in [1.82, 2.24) is 0 Å². The van der Waals surface area contributed by atoms with Crippen molar-refractivity contribution in [2.45, 2.75) is 19.8 Å². The zero-order chi connectivity index (χ0) is 13.5. The van der Waals surface area contributed by atoms with Crippen molar-refractivity contribution in [1.29, 1.82) is 0 Å². The summed E-state index contributed by atoms with van der Waals surface area (Å²) in [5.74, 6) is -2.27. The predicted molar refractivity (Wildman–Crippen MR) is 66.3 cm³/mol. The molecule has 0 unspecified atom stereocenters. The molecule has 2 nitrogen and oxygen atoms in total. The number of halogens is 3. The van der Waals surface area contributed by atoms with Crippen LogP contribution in [0.15, 0.2) is 18.2 Å². The molecule has 18 heavy (non-hydrogen) atoms. The maximum Gasteiger partial charge on any atom is 0.330 e. The second kappa shape index (κ2) is 7.11. The lowest BCUT2D eigenvalue weighted by Gasteiger charge is -2.00. The van der Waals surface area contributed by atoms with Crippen molar-refractivity contribution in [3.63, 3.8) is 0 Å². The van der Waals surface area contributed by atoms with Crippen LogP contribution in [0.5, 0.6) is 0 Å². The van der Waals surface area contributed by atoms with Crippen molar-refractivity contribution >= 4 is 23.6 Å². The summed E-state index contributed by atoms with van der Waals surface area (Å²) in [7, 11) is 0. The summed E-state index contributed by atoms with van der Waals surface area (Å²) in [6, 6.07) is 2.09. The Labute approximate surface area is 109 Å². The maximum atomic E-state index is 13.1. The molecule has 0 aliphatic carbocycles. The molecule has 0 saturated heterocycles. The van der Waals surface area contributed by atoms with Gasteiger partial charge in [0.05, 0.1) is 6.61 Å². The smallest absolute Gasteiger partial charge is 0.330 e. The molecular weight excluding hydrogens is 262 g/mol. The van der Waals surface area contributed by atoms with E-state index in [0.717, 1.165) is 31.1 Å². The van der Waals surface area contributed by atoms with E-state index in [1.54, 1.807) is 0 Å². The van der Waals surface area contributed by atoms with Crippen LogP contribution in [0.4, 0.5) is 8.78 Å². The first kappa shape index (κ1) is 14.6. The van der Waals surface area contributed by atoms with Gasteiger partial charge in [0.2, 0.25) is 0 Å². The number of benzene rings is 1. The first-order chi connectivity index (χ1) is 8.54. The molecule has 0 heterocycles. The maximum absolute atomic E-state index is 13.1. The summed E-state index contributed by atoms with van der Waals surface area (Å²) in [6.45, 7) is 2.31. The van der Waals surface area contributed by atoms with E-state index in [0.29, 0.717) is 6.61 Å². The lowest BCUT2D eigenvalue weighted by Crippen LogP contribution is -2.01. The van der Waals surface area contributed by atoms with Crippen LogP contribution in [0.1, 0.15) is 25.3 Å². The average molecular weight is 275 g/mol. The number of rotatable bonds is 5. The third-order valence-electron chi connectivity index (χ3n) is 2.16. The fourth-order valence-corrected chi connectivity index (χ4v) is 1.31. The number of hydrogen-bond donors (Lipinski definition) is 0. The van der Waals surface area contributed by atoms with E-state index in [4.69, 9.17) is 16.3 Å². The minimum Gasteiger partial charge on any atom is -0.463 e. The Morgan fingerprint density at radius 1 is 1.39 bits per heavy atom. The highest BCUT2D eigenvalue weighted by Gasteiger charge is 2.07. The van der Waals surface area contributed by atoms with Crippen LogP contribution in [0.3, 0.4) is 0 Å². The van der Waals surface area contributed by atoms with Crippen LogP contribution >= 0.6 is 11.6 Å². The molecule has 5 heteroatoms. The Bertz CT molecular complexity index is 435. The lowest BCUT2D eigenvalue weighted by molar-refractivity contribution is -0.137. The highest BCUT2D eigenvalue weighted by Crippen LogP contribution is 2.21. The topological polar surface area (TPSA) is 26.3 Å². The van der Waals surface area contributed by atoms with E-state index in [2.05, 4.69) is 0 Å². The van der Waals surface area contributed by atoms with Gasteiger partial charge >= 0.3 is 5.97 Å². The summed E-state index contributed by atoms with van der Waals surface area (Å²) in [4.78, 5) is 11.2. The predicted octanol–water partition coefficient (Wildman–Crippen LogP) is 3.97. The Morgan fingerprint density at radius 2 is 2.00 bits per heavy atom. The summed E-state index contributed by atoms with van der Waals surface area (Å²) < 4.78 is 31.0. The van der Waals surface area contributed by atoms with Crippen LogP contribution < -0.4 is 0 Å². The van der Waals surface area contributed by atoms with Crippen molar-refractivity contribution in [2.24, 2.45) is 0 Å². The molecule has 0 aliphatic rings. The number of carbonyl (C=O) groups is 1. The van der Waals surface area contributed by atoms with E-state index in [-0.39, 0.29) is 5.56 Å². The normalized spacial score (nSPS) is 10.9. The summed E-state index contributed by atoms with van der Waals surface area (Å²) in [5, 5.41) is -0.558. The molecule has 1 aromatic rings. The molecule has 0 fully saturated rings. The van der Waals surface area contributed by atoms with Crippen LogP contribution in [0, 0.1) is 11.6 Å². The van der Waals surface area contributed by atoms with E-state index in [1.165, 1.54) is 6.08 Å². The first-order valence-corrected chi connectivity index (χ1v) is 5.91. The van der Waals surface area contributed by atoms with Gasteiger partial charge in [0.25, 0.3) is 0 Å². The number of ether oxygens (including phenoxy) is 1. The Morgan fingerprint density at radius 3 is 2.56 bits per heavy atom. The number of unbranched alkanes of at least 4 members (excludes halogenated alkanes) is 1. The van der Waals surface area contributed by atoms with Gasteiger partial charge in [0, 0.05) is 6.08 Å². The van der Waals surface area contributed by atoms with E-state index in [1.807, 2.05) is 6.92 Å². The molecule has 0 atom stereocenters. The molecule has 0 amide bonds. The summed E-state index contributed by atoms with van der Waals surface area (Å²) in [6.07, 6.45) is 4.10. The van der Waals surface area contributed by atoms with E-state index in [9.17, 15) is 13.6 Å². The van der Waals surface area contributed by atoms with Gasteiger partial charge in [-0.05, 0) is 30.2 Å². The second-order valence-electron chi connectivity index (χ2n) is 3.65. The van der Waals surface area contributed by atoms with Gasteiger partial charge < -0.3 is 4.74 Å². The molecule has 0 aromatic heterocycles. The highest BCUT2D eigenvalue weighted by molar-refractivity contribution is 6.30. The minimum absolute atomic E-state index is 0.210. The van der Waals surface area contributed by atoms with E-state index < -0.39 is 22.6 Å². The van der Waals surface area contributed by atoms with Crippen LogP contribution in [0.2, 0.25) is 5.02 Å². The molecule has 0 aliphatic heterocycles. The SMILES string of the molecule is CCCCOC(=O)/C=C/c1cc(F)c(Cl)c(F)c1. The van der Waals surface area contributed by atoms with Crippen LogP contribution in [-0.4, -0.2) is 12.6 Å². The molecule has 0 bridgehead atoms. The molecule has 1 rings (SSSR count). The zero-order valence-corrected chi connectivity index (χ0v) is 10.6. The Kier molecular flexibility index (Phi) is 5.78. The van der Waals surface area contributed by atoms with Gasteiger partial charge in [-0.2, -0.15) is 0 Å². The number of carbonyl (C=O) groups excluding carboxylic acids is 1. The fraction of sp³-hybridized carbons (Fsp3) is 0.308. The van der Waals surface area contributed by atoms with Crippen molar-refractivity contribution in [3.8, 4) is 0 Å². The van der Waals surface area contributed by atoms with Crippen LogP contribution in [-0.2, 0) is 9.53 Å². The molecular formula is C13H13ClF2O2. The minimum atomic E-state index is -0.865. The molecule has 0 spiro atoms. The van der Waals surface area contributed by atoms with Gasteiger partial charge in [0.1, 0.15) is 16.7 Å². The molecule has 1 aromatic carbocycles. The van der Waals surface area contributed by atoms with Gasteiger partial charge in [-0.3, -0.25) is 0 Å². The Hall–Kier alpha value is -1.42. The first-order valence-electron chi connectivity index (χ1n) is 5.54. The summed E-state index contributed by atoms with van der Waals surface area (Å²) in [5.41, 5.74) is 0.210. The molecule has 0 radical (unpaired) electrons. The van der Waals surface area contributed by atoms with Crippen molar-refractivity contribution < 1.29 is 18.3 Å². The third kappa shape index (κ3) is 4.45. The fourth-order valence-electron chi connectivity index (χ4n) is 1.20. The Balaban J connectivity index is 2.64. The zero-order valence-electron chi connectivity index (χ0n) is 9.88. The quantitative estimate of drug-likeness (QED) is 0.351. The van der Waals surface area contributed by atoms with Crippen molar-refractivity contribution in [2.75, 3.05) is 6.61 Å². The molecule has 98 valence electrons. The number of hydrogen-bond acceptors (Lipinski definition) is 2. The lowest BCUT2D eigenvalue weighted by atomic mass is 10.2. The average Bonchev–Trinajstić information content (AvgIpc) is 2.33. The summed E-state index contributed by atoms with van der Waals surface area (Å²) >= 11 is 5.33. The largest absolute Gasteiger partial charge is 0.463 e. The second-order valence-corrected chi connectivity index (χ2v) is 4.03. The third-order valence-corrected chi connectivity index (χ3v) is 2.52. The highest BCUT2D eigenvalue weighted by atomic mass is 35.5. The van der Waals surface area contributed by atoms with Crippen molar-refractivity contribution in [3.05, 3.63) is 40.4 Å². The van der Waals surface area contributed by atoms with E-state index >= 15 is 0 Å². The van der Waals surface area contributed by atoms with Gasteiger partial charge in [-0.1, -0.05) is 24.9 Å². The van der Waals surface area contributed by atoms with Gasteiger partial charge in [-0.15, -0.1) is 0 Å². The number of esters is 1. The standard InChI is InChI=1S/C13H13ClF2O2/c1-2-3-6-18-12(17)5-4-9-7-10(15)13(14)11(16)8-9/h4-5,7-8H,2-3,6H2,1H3/b5-4+. The molecule has 0 N–H and O–H groups in total. The monoisotopic (exact) mass is 274 g/mol. The van der Waals surface area contributed by atoms with Gasteiger partial charge in [0.15, 0.2) is 0 Å². The van der Waals surface area contributed by atoms with Crippen LogP contribution in [0.25, 0.3) is 6.08 Å².